The van der Waals surface area contributed by atoms with E-state index in [1.54, 1.807) is 30.6 Å². The van der Waals surface area contributed by atoms with Crippen LogP contribution >= 0.6 is 11.3 Å². The van der Waals surface area contributed by atoms with Crippen LogP contribution in [0.4, 0.5) is 0 Å². The molecular formula is C18H22N4OS. The molecule has 1 amide bonds. The fourth-order valence-corrected chi connectivity index (χ4v) is 4.49. The van der Waals surface area contributed by atoms with Crippen LogP contribution in [0.15, 0.2) is 18.3 Å². The molecule has 1 aliphatic heterocycles. The van der Waals surface area contributed by atoms with Gasteiger partial charge in [0.2, 0.25) is 0 Å². The van der Waals surface area contributed by atoms with Gasteiger partial charge in [0.05, 0.1) is 5.69 Å². The van der Waals surface area contributed by atoms with Crippen molar-refractivity contribution in [3.05, 3.63) is 34.6 Å². The van der Waals surface area contributed by atoms with Crippen molar-refractivity contribution in [3.8, 4) is 10.6 Å². The van der Waals surface area contributed by atoms with Crippen molar-refractivity contribution in [1.29, 1.82) is 0 Å². The number of pyridine rings is 1. The number of amides is 1. The molecule has 0 saturated heterocycles. The number of nitrogens with zero attached hydrogens (tertiary/aromatic N) is 3. The summed E-state index contributed by atoms with van der Waals surface area (Å²) in [5.74, 6) is -0.160. The summed E-state index contributed by atoms with van der Waals surface area (Å²) in [4.78, 5) is 24.8. The van der Waals surface area contributed by atoms with Gasteiger partial charge < -0.3 is 5.32 Å². The summed E-state index contributed by atoms with van der Waals surface area (Å²) >= 11 is 1.78. The first-order valence-electron chi connectivity index (χ1n) is 8.66. The maximum absolute atomic E-state index is 11.6. The predicted molar refractivity (Wildman–Crippen MR) is 95.4 cm³/mol. The van der Waals surface area contributed by atoms with Gasteiger partial charge in [0.25, 0.3) is 5.91 Å². The minimum atomic E-state index is -0.160. The maximum Gasteiger partial charge on any atom is 0.269 e. The molecule has 0 spiro atoms. The molecule has 0 unspecified atom stereocenters. The SMILES string of the molecule is CNC(=O)c1ccc(-c2nc3c(s2)CCN(C2CCC2)CC3)cn1. The third-order valence-corrected chi connectivity index (χ3v) is 6.31. The number of nitrogens with one attached hydrogen (secondary N) is 1. The van der Waals surface area contributed by atoms with Gasteiger partial charge in [-0.05, 0) is 31.4 Å². The molecule has 24 heavy (non-hydrogen) atoms. The lowest BCUT2D eigenvalue weighted by Crippen LogP contribution is -2.41. The molecule has 1 fully saturated rings. The van der Waals surface area contributed by atoms with Gasteiger partial charge in [-0.15, -0.1) is 11.3 Å². The van der Waals surface area contributed by atoms with Crippen molar-refractivity contribution in [2.75, 3.05) is 20.1 Å². The summed E-state index contributed by atoms with van der Waals surface area (Å²) < 4.78 is 0. The molecule has 1 saturated carbocycles. The van der Waals surface area contributed by atoms with Gasteiger partial charge in [0.15, 0.2) is 0 Å². The Labute approximate surface area is 146 Å². The summed E-state index contributed by atoms with van der Waals surface area (Å²) in [6.45, 7) is 2.29. The molecule has 2 aliphatic rings. The summed E-state index contributed by atoms with van der Waals surface area (Å²) in [5, 5.41) is 3.61. The highest BCUT2D eigenvalue weighted by Crippen LogP contribution is 2.32. The minimum absolute atomic E-state index is 0.160. The lowest BCUT2D eigenvalue weighted by molar-refractivity contribution is 0.0958. The Balaban J connectivity index is 1.50. The number of thiazole rings is 1. The van der Waals surface area contributed by atoms with Crippen LogP contribution in [0.1, 0.15) is 40.3 Å². The standard InChI is InChI=1S/C18H22N4OS/c1-19-17(23)15-6-5-12(11-20-15)18-21-14-7-9-22(13-3-2-4-13)10-8-16(14)24-18/h5-6,11,13H,2-4,7-10H2,1H3,(H,19,23). The molecule has 3 heterocycles. The summed E-state index contributed by atoms with van der Waals surface area (Å²) in [5.41, 5.74) is 2.69. The number of carbonyl (C=O) groups excluding carboxylic acids is 1. The maximum atomic E-state index is 11.6. The van der Waals surface area contributed by atoms with Crippen LogP contribution in [0, 0.1) is 0 Å². The highest BCUT2D eigenvalue weighted by atomic mass is 32.1. The van der Waals surface area contributed by atoms with E-state index in [2.05, 4.69) is 15.2 Å². The van der Waals surface area contributed by atoms with E-state index in [1.165, 1.54) is 29.8 Å². The summed E-state index contributed by atoms with van der Waals surface area (Å²) in [6, 6.07) is 4.52. The van der Waals surface area contributed by atoms with Crippen LogP contribution < -0.4 is 5.32 Å². The number of aromatic nitrogens is 2. The lowest BCUT2D eigenvalue weighted by Gasteiger charge is -2.36. The van der Waals surface area contributed by atoms with Crippen molar-refractivity contribution in [3.63, 3.8) is 0 Å². The van der Waals surface area contributed by atoms with Crippen LogP contribution in [0.3, 0.4) is 0 Å². The molecule has 0 radical (unpaired) electrons. The fraction of sp³-hybridized carbons (Fsp3) is 0.500. The first kappa shape index (κ1) is 15.7. The highest BCUT2D eigenvalue weighted by Gasteiger charge is 2.27. The van der Waals surface area contributed by atoms with Crippen LogP contribution in [0.5, 0.6) is 0 Å². The van der Waals surface area contributed by atoms with E-state index in [4.69, 9.17) is 4.98 Å². The van der Waals surface area contributed by atoms with Crippen LogP contribution in [-0.2, 0) is 12.8 Å². The zero-order valence-electron chi connectivity index (χ0n) is 13.9. The Kier molecular flexibility index (Phi) is 4.33. The monoisotopic (exact) mass is 342 g/mol. The summed E-state index contributed by atoms with van der Waals surface area (Å²) in [7, 11) is 1.61. The van der Waals surface area contributed by atoms with E-state index in [0.717, 1.165) is 42.5 Å². The van der Waals surface area contributed by atoms with Crippen LogP contribution in [0.2, 0.25) is 0 Å². The third kappa shape index (κ3) is 2.96. The van der Waals surface area contributed by atoms with E-state index in [0.29, 0.717) is 5.69 Å². The predicted octanol–water partition coefficient (Wildman–Crippen LogP) is 2.52. The highest BCUT2D eigenvalue weighted by molar-refractivity contribution is 7.15. The Morgan fingerprint density at radius 1 is 1.29 bits per heavy atom. The largest absolute Gasteiger partial charge is 0.354 e. The smallest absolute Gasteiger partial charge is 0.269 e. The second-order valence-corrected chi connectivity index (χ2v) is 7.60. The van der Waals surface area contributed by atoms with E-state index < -0.39 is 0 Å². The molecule has 6 heteroatoms. The number of carbonyl (C=O) groups is 1. The van der Waals surface area contributed by atoms with E-state index >= 15 is 0 Å². The zero-order valence-corrected chi connectivity index (χ0v) is 14.7. The first-order valence-corrected chi connectivity index (χ1v) is 9.47. The molecule has 1 aliphatic carbocycles. The second-order valence-electron chi connectivity index (χ2n) is 6.52. The topological polar surface area (TPSA) is 58.1 Å². The number of fused-ring (bicyclic) bond motifs is 1. The zero-order chi connectivity index (χ0) is 16.5. The lowest BCUT2D eigenvalue weighted by atomic mass is 9.91. The fourth-order valence-electron chi connectivity index (χ4n) is 3.40. The van der Waals surface area contributed by atoms with Gasteiger partial charge in [-0.2, -0.15) is 0 Å². The third-order valence-electron chi connectivity index (χ3n) is 5.10. The number of rotatable bonds is 3. The molecular weight excluding hydrogens is 320 g/mol. The number of hydrogen-bond donors (Lipinski definition) is 1. The van der Waals surface area contributed by atoms with Gasteiger partial charge >= 0.3 is 0 Å². The van der Waals surface area contributed by atoms with Gasteiger partial charge in [-0.25, -0.2) is 4.98 Å². The molecule has 0 bridgehead atoms. The molecule has 4 rings (SSSR count). The average molecular weight is 342 g/mol. The van der Waals surface area contributed by atoms with Crippen LogP contribution in [0.25, 0.3) is 10.6 Å². The second kappa shape index (κ2) is 6.61. The van der Waals surface area contributed by atoms with Gasteiger partial charge in [0, 0.05) is 49.2 Å². The van der Waals surface area contributed by atoms with Crippen LogP contribution in [-0.4, -0.2) is 47.0 Å². The number of hydrogen-bond acceptors (Lipinski definition) is 5. The van der Waals surface area contributed by atoms with E-state index in [-0.39, 0.29) is 5.91 Å². The van der Waals surface area contributed by atoms with Crippen molar-refractivity contribution >= 4 is 17.2 Å². The Hall–Kier alpha value is -1.79. The average Bonchev–Trinajstić information content (AvgIpc) is 2.89. The van der Waals surface area contributed by atoms with Crippen molar-refractivity contribution in [2.24, 2.45) is 0 Å². The van der Waals surface area contributed by atoms with E-state index in [9.17, 15) is 4.79 Å². The molecule has 2 aromatic rings. The normalized spacial score (nSPS) is 18.5. The first-order chi connectivity index (χ1) is 11.7. The van der Waals surface area contributed by atoms with Gasteiger partial charge in [-0.1, -0.05) is 6.42 Å². The quantitative estimate of drug-likeness (QED) is 0.931. The Morgan fingerprint density at radius 2 is 2.12 bits per heavy atom. The van der Waals surface area contributed by atoms with Crippen molar-refractivity contribution in [2.45, 2.75) is 38.1 Å². The Bertz CT molecular complexity index is 710. The summed E-state index contributed by atoms with van der Waals surface area (Å²) in [6.07, 6.45) is 8.04. The Morgan fingerprint density at radius 3 is 2.79 bits per heavy atom. The van der Waals surface area contributed by atoms with Gasteiger partial charge in [0.1, 0.15) is 10.7 Å². The molecule has 5 nitrogen and oxygen atoms in total. The van der Waals surface area contributed by atoms with Crippen molar-refractivity contribution in [1.82, 2.24) is 20.2 Å². The molecule has 1 N–H and O–H groups in total. The molecule has 0 aromatic carbocycles. The van der Waals surface area contributed by atoms with E-state index in [1.807, 2.05) is 6.07 Å². The molecule has 2 aromatic heterocycles. The van der Waals surface area contributed by atoms with Gasteiger partial charge in [-0.3, -0.25) is 14.7 Å². The molecule has 126 valence electrons. The minimum Gasteiger partial charge on any atom is -0.354 e. The van der Waals surface area contributed by atoms with Crippen molar-refractivity contribution < 1.29 is 4.79 Å². The molecule has 0 atom stereocenters.